The number of amides is 1. The van der Waals surface area contributed by atoms with Gasteiger partial charge in [-0.2, -0.15) is 5.10 Å². The molecule has 1 N–H and O–H groups in total. The molecule has 200 valence electrons. The maximum Gasteiger partial charge on any atom is 0.338 e. The zero-order valence-electron chi connectivity index (χ0n) is 22.5. The van der Waals surface area contributed by atoms with Crippen molar-refractivity contribution >= 4 is 17.7 Å². The van der Waals surface area contributed by atoms with Gasteiger partial charge in [0.25, 0.3) is 5.91 Å². The van der Waals surface area contributed by atoms with Gasteiger partial charge in [0, 0.05) is 44.2 Å². The summed E-state index contributed by atoms with van der Waals surface area (Å²) in [4.78, 5) is 37.9. The van der Waals surface area contributed by atoms with Crippen LogP contribution in [0.2, 0.25) is 0 Å². The Kier molecular flexibility index (Phi) is 8.47. The van der Waals surface area contributed by atoms with Gasteiger partial charge >= 0.3 is 5.97 Å². The fraction of sp³-hybridized carbons (Fsp3) is 0.586. The SMILES string of the molecule is CCc1nn(C[C@@H](C)COC(=O)c2ccc(C(=O)CC(C)C)cc2)c2c1C(=O)NCC1(CCOCC1)C2. The highest BCUT2D eigenvalue weighted by atomic mass is 16.5. The second kappa shape index (κ2) is 11.6. The second-order valence-corrected chi connectivity index (χ2v) is 11.1. The van der Waals surface area contributed by atoms with E-state index in [9.17, 15) is 14.4 Å². The molecule has 3 heterocycles. The van der Waals surface area contributed by atoms with Crippen LogP contribution in [0.3, 0.4) is 0 Å². The van der Waals surface area contributed by atoms with E-state index in [-0.39, 0.29) is 35.5 Å². The van der Waals surface area contributed by atoms with Gasteiger partial charge in [0.15, 0.2) is 5.78 Å². The number of rotatable bonds is 9. The van der Waals surface area contributed by atoms with Crippen LogP contribution < -0.4 is 5.32 Å². The van der Waals surface area contributed by atoms with Gasteiger partial charge in [-0.1, -0.05) is 39.8 Å². The lowest BCUT2D eigenvalue weighted by atomic mass is 9.76. The number of fused-ring (bicyclic) bond motifs is 1. The van der Waals surface area contributed by atoms with Gasteiger partial charge in [-0.25, -0.2) is 4.79 Å². The average Bonchev–Trinajstić information content (AvgIpc) is 3.15. The fourth-order valence-electron chi connectivity index (χ4n) is 5.25. The van der Waals surface area contributed by atoms with Crippen molar-refractivity contribution in [2.75, 3.05) is 26.4 Å². The number of hydrogen-bond donors (Lipinski definition) is 1. The molecule has 0 unspecified atom stereocenters. The van der Waals surface area contributed by atoms with E-state index in [4.69, 9.17) is 14.6 Å². The van der Waals surface area contributed by atoms with E-state index in [1.54, 1.807) is 24.3 Å². The molecule has 0 aliphatic carbocycles. The number of ketones is 1. The summed E-state index contributed by atoms with van der Waals surface area (Å²) in [6, 6.07) is 6.67. The molecule has 1 aromatic heterocycles. The molecule has 2 aliphatic rings. The fourth-order valence-corrected chi connectivity index (χ4v) is 5.25. The van der Waals surface area contributed by atoms with Crippen molar-refractivity contribution in [2.45, 2.75) is 66.3 Å². The molecule has 2 aliphatic heterocycles. The van der Waals surface area contributed by atoms with E-state index >= 15 is 0 Å². The van der Waals surface area contributed by atoms with Crippen molar-refractivity contribution in [1.82, 2.24) is 15.1 Å². The van der Waals surface area contributed by atoms with Gasteiger partial charge in [0.1, 0.15) is 0 Å². The van der Waals surface area contributed by atoms with E-state index in [0.717, 1.165) is 30.7 Å². The number of esters is 1. The summed E-state index contributed by atoms with van der Waals surface area (Å²) in [6.45, 7) is 10.9. The minimum absolute atomic E-state index is 0.00139. The van der Waals surface area contributed by atoms with Crippen LogP contribution in [0.1, 0.15) is 89.4 Å². The minimum Gasteiger partial charge on any atom is -0.462 e. The molecule has 4 rings (SSSR count). The van der Waals surface area contributed by atoms with Crippen molar-refractivity contribution in [3.05, 3.63) is 52.3 Å². The van der Waals surface area contributed by atoms with Crippen LogP contribution in [0.5, 0.6) is 0 Å². The number of ether oxygens (including phenoxy) is 2. The van der Waals surface area contributed by atoms with Crippen molar-refractivity contribution < 1.29 is 23.9 Å². The first-order valence-electron chi connectivity index (χ1n) is 13.5. The molecule has 0 bridgehead atoms. The molecule has 1 fully saturated rings. The van der Waals surface area contributed by atoms with Gasteiger partial charge in [-0.05, 0) is 49.1 Å². The van der Waals surface area contributed by atoms with Crippen molar-refractivity contribution in [2.24, 2.45) is 17.3 Å². The Labute approximate surface area is 219 Å². The average molecular weight is 510 g/mol. The van der Waals surface area contributed by atoms with E-state index in [0.29, 0.717) is 55.8 Å². The third kappa shape index (κ3) is 6.29. The molecule has 1 spiro atoms. The molecule has 37 heavy (non-hydrogen) atoms. The first kappa shape index (κ1) is 27.0. The summed E-state index contributed by atoms with van der Waals surface area (Å²) >= 11 is 0. The Balaban J connectivity index is 1.42. The van der Waals surface area contributed by atoms with Crippen molar-refractivity contribution in [3.63, 3.8) is 0 Å². The Morgan fingerprint density at radius 3 is 2.46 bits per heavy atom. The number of hydrogen-bond acceptors (Lipinski definition) is 6. The standard InChI is InChI=1S/C29H39N3O5/c1-5-23-26-24(15-29(18-30-27(26)34)10-12-36-13-11-29)32(31-23)16-20(4)17-37-28(35)22-8-6-21(7-9-22)25(33)14-19(2)3/h6-9,19-20H,5,10-18H2,1-4H3,(H,30,34)/t20-/m1/s1. The summed E-state index contributed by atoms with van der Waals surface area (Å²) in [7, 11) is 0. The Hall–Kier alpha value is -3.00. The zero-order chi connectivity index (χ0) is 26.6. The summed E-state index contributed by atoms with van der Waals surface area (Å²) in [5.74, 6) is -0.0980. The maximum absolute atomic E-state index is 13.0. The normalized spacial score (nSPS) is 17.7. The predicted molar refractivity (Wildman–Crippen MR) is 140 cm³/mol. The molecular formula is C29H39N3O5. The van der Waals surface area contributed by atoms with Crippen LogP contribution in [-0.4, -0.2) is 53.8 Å². The summed E-state index contributed by atoms with van der Waals surface area (Å²) < 4.78 is 13.2. The van der Waals surface area contributed by atoms with Crippen LogP contribution >= 0.6 is 0 Å². The summed E-state index contributed by atoms with van der Waals surface area (Å²) in [5, 5.41) is 7.95. The zero-order valence-corrected chi connectivity index (χ0v) is 22.5. The van der Waals surface area contributed by atoms with Crippen LogP contribution in [0.4, 0.5) is 0 Å². The lowest BCUT2D eigenvalue weighted by molar-refractivity contribution is 0.0151. The first-order valence-corrected chi connectivity index (χ1v) is 13.5. The van der Waals surface area contributed by atoms with E-state index in [1.165, 1.54) is 0 Å². The topological polar surface area (TPSA) is 99.5 Å². The molecule has 1 amide bonds. The van der Waals surface area contributed by atoms with E-state index in [1.807, 2.05) is 32.4 Å². The van der Waals surface area contributed by atoms with Crippen LogP contribution in [0.25, 0.3) is 0 Å². The number of benzene rings is 1. The molecule has 2 aromatic rings. The second-order valence-electron chi connectivity index (χ2n) is 11.1. The van der Waals surface area contributed by atoms with Gasteiger partial charge in [0.2, 0.25) is 0 Å². The third-order valence-electron chi connectivity index (χ3n) is 7.43. The number of nitrogens with zero attached hydrogens (tertiary/aromatic N) is 2. The van der Waals surface area contributed by atoms with Crippen molar-refractivity contribution in [3.8, 4) is 0 Å². The summed E-state index contributed by atoms with van der Waals surface area (Å²) in [5.41, 5.74) is 3.52. The van der Waals surface area contributed by atoms with Gasteiger partial charge < -0.3 is 14.8 Å². The van der Waals surface area contributed by atoms with Crippen LogP contribution in [0.15, 0.2) is 24.3 Å². The van der Waals surface area contributed by atoms with Gasteiger partial charge in [-0.15, -0.1) is 0 Å². The molecule has 8 heteroatoms. The lowest BCUT2D eigenvalue weighted by Gasteiger charge is -2.36. The molecular weight excluding hydrogens is 470 g/mol. The number of Topliss-reactive ketones (excluding diaryl/α,β-unsaturated/α-hetero) is 1. The summed E-state index contributed by atoms with van der Waals surface area (Å²) in [6.07, 6.45) is 3.77. The van der Waals surface area contributed by atoms with E-state index in [2.05, 4.69) is 5.32 Å². The Morgan fingerprint density at radius 2 is 1.81 bits per heavy atom. The predicted octanol–water partition coefficient (Wildman–Crippen LogP) is 4.25. The van der Waals surface area contributed by atoms with Crippen LogP contribution in [0, 0.1) is 17.3 Å². The van der Waals surface area contributed by atoms with Gasteiger partial charge in [0.05, 0.1) is 29.1 Å². The molecule has 1 atom stereocenters. The number of aryl methyl sites for hydroxylation is 1. The van der Waals surface area contributed by atoms with Crippen molar-refractivity contribution in [1.29, 1.82) is 0 Å². The van der Waals surface area contributed by atoms with Crippen LogP contribution in [-0.2, 0) is 28.9 Å². The maximum atomic E-state index is 13.0. The third-order valence-corrected chi connectivity index (χ3v) is 7.43. The lowest BCUT2D eigenvalue weighted by Crippen LogP contribution is -2.41. The number of carbonyl (C=O) groups is 3. The highest BCUT2D eigenvalue weighted by Crippen LogP contribution is 2.37. The smallest absolute Gasteiger partial charge is 0.338 e. The number of aromatic nitrogens is 2. The molecule has 1 saturated heterocycles. The number of nitrogens with one attached hydrogen (secondary N) is 1. The monoisotopic (exact) mass is 509 g/mol. The minimum atomic E-state index is -0.413. The highest BCUT2D eigenvalue weighted by molar-refractivity contribution is 5.98. The quantitative estimate of drug-likeness (QED) is 0.401. The number of carbonyl (C=O) groups excluding carboxylic acids is 3. The Bertz CT molecular complexity index is 1130. The molecule has 1 aromatic carbocycles. The van der Waals surface area contributed by atoms with E-state index < -0.39 is 5.97 Å². The molecule has 0 radical (unpaired) electrons. The first-order chi connectivity index (χ1) is 17.7. The molecule has 8 nitrogen and oxygen atoms in total. The largest absolute Gasteiger partial charge is 0.462 e. The Morgan fingerprint density at radius 1 is 1.14 bits per heavy atom. The molecule has 0 saturated carbocycles. The van der Waals surface area contributed by atoms with Gasteiger partial charge in [-0.3, -0.25) is 14.3 Å². The highest BCUT2D eigenvalue weighted by Gasteiger charge is 2.39.